The lowest BCUT2D eigenvalue weighted by Gasteiger charge is -2.39. The van der Waals surface area contributed by atoms with Gasteiger partial charge in [0, 0.05) is 10.2 Å². The second kappa shape index (κ2) is 8.36. The molecule has 0 aliphatic heterocycles. The minimum absolute atomic E-state index is 0.125. The number of hydrogen-bond donors (Lipinski definition) is 0. The fraction of sp³-hybridized carbons (Fsp3) is 0.714. The van der Waals surface area contributed by atoms with E-state index in [1.807, 2.05) is 12.1 Å². The SMILES string of the molecule is CC([SiH3])[C@H]1CC[C@H](C2CCC(c3ccc(OC(F)(F)F)cc3)CC2)CC1. The molecular weight excluding hydrogens is 353 g/mol. The highest BCUT2D eigenvalue weighted by Gasteiger charge is 2.33. The van der Waals surface area contributed by atoms with Crippen LogP contribution >= 0.6 is 0 Å². The van der Waals surface area contributed by atoms with Crippen molar-refractivity contribution in [1.29, 1.82) is 0 Å². The number of hydrogen-bond acceptors (Lipinski definition) is 1. The van der Waals surface area contributed by atoms with Gasteiger partial charge in [-0.1, -0.05) is 37.4 Å². The monoisotopic (exact) mass is 384 g/mol. The van der Waals surface area contributed by atoms with E-state index in [4.69, 9.17) is 0 Å². The normalized spacial score (nSPS) is 31.5. The molecule has 0 spiro atoms. The maximum absolute atomic E-state index is 12.3. The van der Waals surface area contributed by atoms with E-state index in [1.54, 1.807) is 0 Å². The second-order valence-electron chi connectivity index (χ2n) is 8.65. The molecule has 3 rings (SSSR count). The molecule has 2 aliphatic rings. The van der Waals surface area contributed by atoms with Gasteiger partial charge in [0.2, 0.25) is 0 Å². The summed E-state index contributed by atoms with van der Waals surface area (Å²) in [5, 5.41) is 0. The highest BCUT2D eigenvalue weighted by molar-refractivity contribution is 6.11. The Morgan fingerprint density at radius 1 is 0.885 bits per heavy atom. The molecule has 1 aromatic carbocycles. The average molecular weight is 385 g/mol. The van der Waals surface area contributed by atoms with Crippen LogP contribution in [-0.4, -0.2) is 16.6 Å². The minimum Gasteiger partial charge on any atom is -0.406 e. The molecule has 5 heteroatoms. The van der Waals surface area contributed by atoms with Crippen molar-refractivity contribution in [3.8, 4) is 5.75 Å². The minimum atomic E-state index is -4.61. The summed E-state index contributed by atoms with van der Waals surface area (Å²) < 4.78 is 40.8. The van der Waals surface area contributed by atoms with Gasteiger partial charge in [0.25, 0.3) is 0 Å². The third-order valence-electron chi connectivity index (χ3n) is 6.78. The van der Waals surface area contributed by atoms with Crippen LogP contribution in [0.5, 0.6) is 5.75 Å². The van der Waals surface area contributed by atoms with E-state index in [0.717, 1.165) is 28.9 Å². The number of benzene rings is 1. The maximum atomic E-state index is 12.3. The molecule has 0 aromatic heterocycles. The number of alkyl halides is 3. The highest BCUT2D eigenvalue weighted by atomic mass is 28.1. The molecule has 0 bridgehead atoms. The topological polar surface area (TPSA) is 9.23 Å². The quantitative estimate of drug-likeness (QED) is 0.593. The Kier molecular flexibility index (Phi) is 6.36. The van der Waals surface area contributed by atoms with E-state index in [0.29, 0.717) is 5.92 Å². The van der Waals surface area contributed by atoms with Crippen LogP contribution in [0.25, 0.3) is 0 Å². The Labute approximate surface area is 158 Å². The van der Waals surface area contributed by atoms with Crippen LogP contribution in [0.1, 0.15) is 69.8 Å². The molecule has 0 saturated heterocycles. The predicted molar refractivity (Wildman–Crippen MR) is 103 cm³/mol. The maximum Gasteiger partial charge on any atom is 0.573 e. The largest absolute Gasteiger partial charge is 0.573 e. The first kappa shape index (κ1) is 19.8. The van der Waals surface area contributed by atoms with Gasteiger partial charge in [-0.3, -0.25) is 0 Å². The van der Waals surface area contributed by atoms with Crippen LogP contribution in [0.15, 0.2) is 24.3 Å². The molecule has 2 aliphatic carbocycles. The van der Waals surface area contributed by atoms with Crippen molar-refractivity contribution in [2.45, 2.75) is 76.1 Å². The van der Waals surface area contributed by atoms with Crippen LogP contribution in [-0.2, 0) is 0 Å². The molecule has 0 amide bonds. The van der Waals surface area contributed by atoms with Gasteiger partial charge in [-0.15, -0.1) is 13.2 Å². The van der Waals surface area contributed by atoms with Gasteiger partial charge in [-0.05, 0) is 79.9 Å². The van der Waals surface area contributed by atoms with Gasteiger partial charge >= 0.3 is 6.36 Å². The summed E-state index contributed by atoms with van der Waals surface area (Å²) >= 11 is 0. The van der Waals surface area contributed by atoms with Crippen molar-refractivity contribution >= 4 is 10.2 Å². The van der Waals surface area contributed by atoms with Gasteiger partial charge in [0.15, 0.2) is 0 Å². The van der Waals surface area contributed by atoms with E-state index >= 15 is 0 Å². The first-order chi connectivity index (χ1) is 12.3. The van der Waals surface area contributed by atoms with Gasteiger partial charge in [0.05, 0.1) is 0 Å². The van der Waals surface area contributed by atoms with Crippen LogP contribution in [0.4, 0.5) is 13.2 Å². The highest BCUT2D eigenvalue weighted by Crippen LogP contribution is 2.45. The smallest absolute Gasteiger partial charge is 0.406 e. The third kappa shape index (κ3) is 5.27. The molecule has 0 heterocycles. The molecule has 0 radical (unpaired) electrons. The van der Waals surface area contributed by atoms with E-state index in [9.17, 15) is 13.2 Å². The molecule has 1 atom stereocenters. The first-order valence-electron chi connectivity index (χ1n) is 10.2. The van der Waals surface area contributed by atoms with E-state index < -0.39 is 6.36 Å². The molecule has 26 heavy (non-hydrogen) atoms. The Morgan fingerprint density at radius 3 is 1.85 bits per heavy atom. The van der Waals surface area contributed by atoms with Crippen molar-refractivity contribution in [1.82, 2.24) is 0 Å². The molecule has 146 valence electrons. The van der Waals surface area contributed by atoms with E-state index in [2.05, 4.69) is 11.7 Å². The standard InChI is InChI=1S/C21H31F3OSi/c1-14(26)15-2-4-16(5-3-15)17-6-8-18(9-7-17)19-10-12-20(13-11-19)25-21(22,23)24/h10-18H,2-9H2,1,26H3/t14?,15-,16-,17?,18?. The number of halogens is 3. The van der Waals surface area contributed by atoms with Gasteiger partial charge in [0.1, 0.15) is 5.75 Å². The lowest BCUT2D eigenvalue weighted by Crippen LogP contribution is -2.26. The Bertz CT molecular complexity index is 554. The molecule has 1 aromatic rings. The molecular formula is C21H31F3OSi. The second-order valence-corrected chi connectivity index (χ2v) is 10.5. The molecule has 2 saturated carbocycles. The zero-order valence-corrected chi connectivity index (χ0v) is 17.9. The third-order valence-corrected chi connectivity index (χ3v) is 7.73. The van der Waals surface area contributed by atoms with Crippen molar-refractivity contribution in [3.05, 3.63) is 29.8 Å². The summed E-state index contributed by atoms with van der Waals surface area (Å²) in [6.45, 7) is 2.41. The molecule has 0 N–H and O–H groups in total. The summed E-state index contributed by atoms with van der Waals surface area (Å²) in [7, 11) is 1.32. The summed E-state index contributed by atoms with van der Waals surface area (Å²) in [5.74, 6) is 3.12. The number of ether oxygens (including phenoxy) is 1. The van der Waals surface area contributed by atoms with Crippen LogP contribution in [0.2, 0.25) is 5.54 Å². The molecule has 2 fully saturated rings. The van der Waals surface area contributed by atoms with Gasteiger partial charge in [-0.2, -0.15) is 0 Å². The average Bonchev–Trinajstić information content (AvgIpc) is 2.61. The lowest BCUT2D eigenvalue weighted by atomic mass is 9.68. The van der Waals surface area contributed by atoms with Crippen molar-refractivity contribution < 1.29 is 17.9 Å². The number of rotatable bonds is 4. The fourth-order valence-electron chi connectivity index (χ4n) is 5.15. The zero-order valence-electron chi connectivity index (χ0n) is 15.9. The van der Waals surface area contributed by atoms with Crippen molar-refractivity contribution in [2.75, 3.05) is 0 Å². The van der Waals surface area contributed by atoms with Crippen LogP contribution in [0.3, 0.4) is 0 Å². The summed E-state index contributed by atoms with van der Waals surface area (Å²) in [6, 6.07) is 6.52. The van der Waals surface area contributed by atoms with Crippen LogP contribution in [0, 0.1) is 17.8 Å². The summed E-state index contributed by atoms with van der Waals surface area (Å²) in [4.78, 5) is 0. The van der Waals surface area contributed by atoms with E-state index in [-0.39, 0.29) is 5.75 Å². The molecule has 1 unspecified atom stereocenters. The van der Waals surface area contributed by atoms with Crippen molar-refractivity contribution in [2.24, 2.45) is 17.8 Å². The molecule has 1 nitrogen and oxygen atoms in total. The summed E-state index contributed by atoms with van der Waals surface area (Å²) in [6.07, 6.45) is 5.95. The van der Waals surface area contributed by atoms with Crippen LogP contribution < -0.4 is 4.74 Å². The van der Waals surface area contributed by atoms with E-state index in [1.165, 1.54) is 73.7 Å². The van der Waals surface area contributed by atoms with Crippen molar-refractivity contribution in [3.63, 3.8) is 0 Å². The zero-order chi connectivity index (χ0) is 18.7. The summed E-state index contributed by atoms with van der Waals surface area (Å²) in [5.41, 5.74) is 2.11. The first-order valence-corrected chi connectivity index (χ1v) is 11.3. The predicted octanol–water partition coefficient (Wildman–Crippen LogP) is 5.84. The Balaban J connectivity index is 1.48. The van der Waals surface area contributed by atoms with Gasteiger partial charge in [-0.25, -0.2) is 0 Å². The Morgan fingerprint density at radius 2 is 1.38 bits per heavy atom. The lowest BCUT2D eigenvalue weighted by molar-refractivity contribution is -0.274. The van der Waals surface area contributed by atoms with Gasteiger partial charge < -0.3 is 4.74 Å². The Hall–Kier alpha value is -0.973. The fourth-order valence-corrected chi connectivity index (χ4v) is 5.82.